The monoisotopic (exact) mass is 306 g/mol. The Hall–Kier alpha value is -1.06. The van der Waals surface area contributed by atoms with E-state index in [1.807, 2.05) is 36.1 Å². The lowest BCUT2D eigenvalue weighted by atomic mass is 9.92. The van der Waals surface area contributed by atoms with Crippen molar-refractivity contribution in [3.8, 4) is 0 Å². The van der Waals surface area contributed by atoms with Crippen LogP contribution in [0.25, 0.3) is 0 Å². The third-order valence-electron chi connectivity index (χ3n) is 4.93. The van der Waals surface area contributed by atoms with Gasteiger partial charge in [0, 0.05) is 30.1 Å². The van der Waals surface area contributed by atoms with E-state index in [0.717, 1.165) is 42.9 Å². The van der Waals surface area contributed by atoms with Crippen molar-refractivity contribution in [2.75, 3.05) is 13.1 Å². The lowest BCUT2D eigenvalue weighted by Gasteiger charge is -2.35. The second-order valence-electron chi connectivity index (χ2n) is 6.52. The van der Waals surface area contributed by atoms with E-state index in [-0.39, 0.29) is 12.0 Å². The summed E-state index contributed by atoms with van der Waals surface area (Å²) in [5.41, 5.74) is 7.13. The molecule has 0 bridgehead atoms. The Morgan fingerprint density at radius 1 is 1.43 bits per heavy atom. The van der Waals surface area contributed by atoms with Crippen LogP contribution in [0, 0.1) is 11.8 Å². The number of amides is 1. The second kappa shape index (κ2) is 5.98. The molecule has 1 saturated carbocycles. The number of rotatable bonds is 3. The standard InChI is InChI=1S/C17H23ClN2O/c1-11(19)12-5-4-8-20(10-12)17(21)15-9-14(15)13-6-2-3-7-16(13)18/h2-3,6-7,11-12,14-15H,4-5,8-10,19H2,1H3. The van der Waals surface area contributed by atoms with Crippen molar-refractivity contribution in [2.45, 2.75) is 38.1 Å². The van der Waals surface area contributed by atoms with Gasteiger partial charge in [0.15, 0.2) is 0 Å². The summed E-state index contributed by atoms with van der Waals surface area (Å²) in [4.78, 5) is 14.7. The van der Waals surface area contributed by atoms with Crippen LogP contribution in [0.1, 0.15) is 37.7 Å². The maximum Gasteiger partial charge on any atom is 0.226 e. The quantitative estimate of drug-likeness (QED) is 0.933. The van der Waals surface area contributed by atoms with Gasteiger partial charge in [0.05, 0.1) is 0 Å². The van der Waals surface area contributed by atoms with Crippen LogP contribution in [0.5, 0.6) is 0 Å². The van der Waals surface area contributed by atoms with Gasteiger partial charge in [-0.15, -0.1) is 0 Å². The van der Waals surface area contributed by atoms with Gasteiger partial charge in [-0.2, -0.15) is 0 Å². The van der Waals surface area contributed by atoms with Crippen LogP contribution in [-0.4, -0.2) is 29.9 Å². The van der Waals surface area contributed by atoms with Crippen LogP contribution < -0.4 is 5.73 Å². The average molecular weight is 307 g/mol. The molecule has 1 aliphatic carbocycles. The van der Waals surface area contributed by atoms with E-state index in [2.05, 4.69) is 0 Å². The molecule has 1 saturated heterocycles. The van der Waals surface area contributed by atoms with Crippen molar-refractivity contribution in [3.05, 3.63) is 34.9 Å². The molecule has 114 valence electrons. The Balaban J connectivity index is 1.64. The number of nitrogens with two attached hydrogens (primary N) is 1. The molecule has 1 aliphatic heterocycles. The minimum absolute atomic E-state index is 0.122. The first-order chi connectivity index (χ1) is 10.1. The summed E-state index contributed by atoms with van der Waals surface area (Å²) in [6.07, 6.45) is 3.14. The predicted octanol–water partition coefficient (Wildman–Crippen LogP) is 3.03. The highest BCUT2D eigenvalue weighted by Crippen LogP contribution is 2.50. The zero-order chi connectivity index (χ0) is 15.0. The maximum atomic E-state index is 12.7. The number of piperidine rings is 1. The third-order valence-corrected chi connectivity index (χ3v) is 5.27. The summed E-state index contributed by atoms with van der Waals surface area (Å²) in [7, 11) is 0. The van der Waals surface area contributed by atoms with Gasteiger partial charge in [0.25, 0.3) is 0 Å². The fourth-order valence-electron chi connectivity index (χ4n) is 3.46. The molecule has 4 unspecified atom stereocenters. The minimum atomic E-state index is 0.122. The van der Waals surface area contributed by atoms with Gasteiger partial charge in [-0.1, -0.05) is 29.8 Å². The zero-order valence-electron chi connectivity index (χ0n) is 12.5. The third kappa shape index (κ3) is 3.09. The second-order valence-corrected chi connectivity index (χ2v) is 6.92. The topological polar surface area (TPSA) is 46.3 Å². The Morgan fingerprint density at radius 3 is 2.90 bits per heavy atom. The van der Waals surface area contributed by atoms with Crippen molar-refractivity contribution in [3.63, 3.8) is 0 Å². The molecule has 2 aliphatic rings. The summed E-state index contributed by atoms with van der Waals surface area (Å²) in [6, 6.07) is 8.04. The molecule has 2 fully saturated rings. The smallest absolute Gasteiger partial charge is 0.226 e. The first-order valence-corrected chi connectivity index (χ1v) is 8.24. The van der Waals surface area contributed by atoms with Crippen molar-refractivity contribution < 1.29 is 4.79 Å². The first-order valence-electron chi connectivity index (χ1n) is 7.86. The molecular formula is C17H23ClN2O. The molecule has 4 heteroatoms. The molecule has 0 aromatic heterocycles. The number of halogens is 1. The van der Waals surface area contributed by atoms with Crippen molar-refractivity contribution in [1.29, 1.82) is 0 Å². The molecule has 1 amide bonds. The number of carbonyl (C=O) groups is 1. The number of hydrogen-bond acceptors (Lipinski definition) is 2. The van der Waals surface area contributed by atoms with Gasteiger partial charge < -0.3 is 10.6 Å². The van der Waals surface area contributed by atoms with E-state index in [4.69, 9.17) is 17.3 Å². The first kappa shape index (κ1) is 14.9. The van der Waals surface area contributed by atoms with E-state index in [0.29, 0.717) is 17.7 Å². The summed E-state index contributed by atoms with van der Waals surface area (Å²) < 4.78 is 0. The molecule has 2 N–H and O–H groups in total. The number of benzene rings is 1. The summed E-state index contributed by atoms with van der Waals surface area (Å²) in [5, 5.41) is 0.782. The highest BCUT2D eigenvalue weighted by molar-refractivity contribution is 6.31. The van der Waals surface area contributed by atoms with Gasteiger partial charge in [0.1, 0.15) is 0 Å². The van der Waals surface area contributed by atoms with Gasteiger partial charge in [-0.3, -0.25) is 4.79 Å². The maximum absolute atomic E-state index is 12.7. The van der Waals surface area contributed by atoms with Gasteiger partial charge in [0.2, 0.25) is 5.91 Å². The number of nitrogens with zero attached hydrogens (tertiary/aromatic N) is 1. The van der Waals surface area contributed by atoms with Gasteiger partial charge >= 0.3 is 0 Å². The molecule has 3 nitrogen and oxygen atoms in total. The Kier molecular flexibility index (Phi) is 4.23. The van der Waals surface area contributed by atoms with E-state index < -0.39 is 0 Å². The highest BCUT2D eigenvalue weighted by Gasteiger charge is 2.47. The molecular weight excluding hydrogens is 284 g/mol. The number of carbonyl (C=O) groups excluding carboxylic acids is 1. The molecule has 0 spiro atoms. The van der Waals surface area contributed by atoms with E-state index in [1.165, 1.54) is 0 Å². The van der Waals surface area contributed by atoms with Crippen LogP contribution >= 0.6 is 11.6 Å². The van der Waals surface area contributed by atoms with Crippen LogP contribution in [0.4, 0.5) is 0 Å². The largest absolute Gasteiger partial charge is 0.342 e. The fourth-order valence-corrected chi connectivity index (χ4v) is 3.74. The summed E-state index contributed by atoms with van der Waals surface area (Å²) in [6.45, 7) is 3.75. The normalized spacial score (nSPS) is 30.0. The summed E-state index contributed by atoms with van der Waals surface area (Å²) >= 11 is 6.24. The van der Waals surface area contributed by atoms with Crippen molar-refractivity contribution in [2.24, 2.45) is 17.6 Å². The van der Waals surface area contributed by atoms with Crippen LogP contribution in [0.3, 0.4) is 0 Å². The molecule has 4 atom stereocenters. The molecule has 0 radical (unpaired) electrons. The zero-order valence-corrected chi connectivity index (χ0v) is 13.2. The number of hydrogen-bond donors (Lipinski definition) is 1. The highest BCUT2D eigenvalue weighted by atomic mass is 35.5. The summed E-state index contributed by atoms with van der Waals surface area (Å²) in [5.74, 6) is 1.17. The molecule has 3 rings (SSSR count). The fraction of sp³-hybridized carbons (Fsp3) is 0.588. The average Bonchev–Trinajstić information content (AvgIpc) is 3.27. The van der Waals surface area contributed by atoms with Crippen molar-refractivity contribution in [1.82, 2.24) is 4.90 Å². The molecule has 1 heterocycles. The van der Waals surface area contributed by atoms with Crippen LogP contribution in [-0.2, 0) is 4.79 Å². The van der Waals surface area contributed by atoms with Gasteiger partial charge in [-0.05, 0) is 49.7 Å². The van der Waals surface area contributed by atoms with Crippen LogP contribution in [0.15, 0.2) is 24.3 Å². The van der Waals surface area contributed by atoms with Crippen LogP contribution in [0.2, 0.25) is 5.02 Å². The van der Waals surface area contributed by atoms with E-state index >= 15 is 0 Å². The van der Waals surface area contributed by atoms with Gasteiger partial charge in [-0.25, -0.2) is 0 Å². The Labute approximate surface area is 131 Å². The number of likely N-dealkylation sites (tertiary alicyclic amines) is 1. The minimum Gasteiger partial charge on any atom is -0.342 e. The molecule has 21 heavy (non-hydrogen) atoms. The SMILES string of the molecule is CC(N)C1CCCN(C(=O)C2CC2c2ccccc2Cl)C1. The lowest BCUT2D eigenvalue weighted by Crippen LogP contribution is -2.45. The lowest BCUT2D eigenvalue weighted by molar-refractivity contribution is -0.134. The Morgan fingerprint density at radius 2 is 2.19 bits per heavy atom. The molecule has 1 aromatic carbocycles. The van der Waals surface area contributed by atoms with E-state index in [1.54, 1.807) is 0 Å². The van der Waals surface area contributed by atoms with E-state index in [9.17, 15) is 4.79 Å². The molecule has 1 aromatic rings. The predicted molar refractivity (Wildman–Crippen MR) is 85.3 cm³/mol. The van der Waals surface area contributed by atoms with Crippen molar-refractivity contribution >= 4 is 17.5 Å². The Bertz CT molecular complexity index is 531.